The molecule has 9 heteroatoms. The largest absolute Gasteiger partial charge is 0.460 e. The third kappa shape index (κ3) is 2.77. The first-order chi connectivity index (χ1) is 8.95. The molecule has 112 valence electrons. The van der Waals surface area contributed by atoms with Crippen LogP contribution in [0.4, 0.5) is 30.7 Å². The molecule has 0 N–H and O–H groups in total. The lowest BCUT2D eigenvalue weighted by Gasteiger charge is -2.27. The molecular weight excluding hydrogens is 313 g/mol. The number of halogens is 7. The topological polar surface area (TPSA) is 17.1 Å². The van der Waals surface area contributed by atoms with Gasteiger partial charge in [-0.2, -0.15) is 30.7 Å². The summed E-state index contributed by atoms with van der Waals surface area (Å²) >= 11 is 1.02. The van der Waals surface area contributed by atoms with Crippen LogP contribution >= 0.6 is 11.8 Å². The number of carbonyl (C=O) groups is 1. The third-order valence-electron chi connectivity index (χ3n) is 2.37. The second kappa shape index (κ2) is 5.27. The maximum atomic E-state index is 13.2. The number of Topliss-reactive ketones (excluding diaryl/α,β-unsaturated/α-hetero) is 1. The van der Waals surface area contributed by atoms with Crippen molar-refractivity contribution in [3.05, 3.63) is 29.8 Å². The summed E-state index contributed by atoms with van der Waals surface area (Å²) in [7, 11) is 0. The lowest BCUT2D eigenvalue weighted by Crippen LogP contribution is -2.56. The molecular formula is C11H7F7OS. The first-order valence-corrected chi connectivity index (χ1v) is 6.19. The maximum Gasteiger partial charge on any atom is 0.460 e. The van der Waals surface area contributed by atoms with Gasteiger partial charge in [0.1, 0.15) is 0 Å². The Morgan fingerprint density at radius 2 is 1.60 bits per heavy atom. The number of thioether (sulfide) groups is 1. The van der Waals surface area contributed by atoms with Crippen LogP contribution in [0.2, 0.25) is 0 Å². The van der Waals surface area contributed by atoms with Gasteiger partial charge >= 0.3 is 18.0 Å². The molecule has 0 saturated carbocycles. The van der Waals surface area contributed by atoms with Crippen molar-refractivity contribution in [1.29, 1.82) is 0 Å². The number of ketones is 1. The highest BCUT2D eigenvalue weighted by atomic mass is 32.2. The summed E-state index contributed by atoms with van der Waals surface area (Å²) in [6.45, 7) is 0. The van der Waals surface area contributed by atoms with Crippen molar-refractivity contribution < 1.29 is 35.5 Å². The number of hydrogen-bond donors (Lipinski definition) is 0. The number of rotatable bonds is 4. The van der Waals surface area contributed by atoms with Gasteiger partial charge in [-0.25, -0.2) is 0 Å². The van der Waals surface area contributed by atoms with Gasteiger partial charge in [0, 0.05) is 10.5 Å². The summed E-state index contributed by atoms with van der Waals surface area (Å²) in [5, 5.41) is 0. The minimum atomic E-state index is -6.52. The summed E-state index contributed by atoms with van der Waals surface area (Å²) < 4.78 is 87.7. The molecule has 0 aromatic heterocycles. The number of carbonyl (C=O) groups excluding carboxylic acids is 1. The lowest BCUT2D eigenvalue weighted by atomic mass is 10.00. The van der Waals surface area contributed by atoms with E-state index >= 15 is 0 Å². The number of hydrogen-bond acceptors (Lipinski definition) is 2. The van der Waals surface area contributed by atoms with Crippen molar-refractivity contribution in [2.45, 2.75) is 22.9 Å². The maximum absolute atomic E-state index is 13.2. The van der Waals surface area contributed by atoms with Gasteiger partial charge in [-0.15, -0.1) is 11.8 Å². The van der Waals surface area contributed by atoms with Crippen LogP contribution in [0.5, 0.6) is 0 Å². The second-order valence-corrected chi connectivity index (χ2v) is 4.59. The van der Waals surface area contributed by atoms with E-state index in [1.54, 1.807) is 0 Å². The van der Waals surface area contributed by atoms with Crippen molar-refractivity contribution in [3.8, 4) is 0 Å². The van der Waals surface area contributed by atoms with Gasteiger partial charge in [0.2, 0.25) is 5.78 Å². The summed E-state index contributed by atoms with van der Waals surface area (Å²) in [6.07, 6.45) is -5.00. The highest BCUT2D eigenvalue weighted by Gasteiger charge is 2.76. The van der Waals surface area contributed by atoms with E-state index in [-0.39, 0.29) is 4.90 Å². The molecule has 0 unspecified atom stereocenters. The molecule has 1 nitrogen and oxygen atoms in total. The smallest absolute Gasteiger partial charge is 0.287 e. The monoisotopic (exact) mass is 320 g/mol. The van der Waals surface area contributed by atoms with Crippen LogP contribution in [-0.4, -0.2) is 30.1 Å². The normalized spacial score (nSPS) is 13.4. The van der Waals surface area contributed by atoms with Gasteiger partial charge < -0.3 is 0 Å². The summed E-state index contributed by atoms with van der Waals surface area (Å²) in [5.41, 5.74) is -0.911. The van der Waals surface area contributed by atoms with Crippen LogP contribution in [0.15, 0.2) is 29.2 Å². The van der Waals surface area contributed by atoms with E-state index in [4.69, 9.17) is 0 Å². The highest BCUT2D eigenvalue weighted by molar-refractivity contribution is 7.98. The van der Waals surface area contributed by atoms with E-state index in [1.165, 1.54) is 12.3 Å². The van der Waals surface area contributed by atoms with E-state index in [0.717, 1.165) is 30.0 Å². The van der Waals surface area contributed by atoms with Crippen LogP contribution in [0.1, 0.15) is 10.4 Å². The first-order valence-electron chi connectivity index (χ1n) is 4.96. The molecule has 0 atom stereocenters. The Morgan fingerprint density at radius 1 is 1.05 bits per heavy atom. The van der Waals surface area contributed by atoms with Gasteiger partial charge in [0.05, 0.1) is 0 Å². The molecule has 0 bridgehead atoms. The fraction of sp³-hybridized carbons (Fsp3) is 0.364. The predicted molar refractivity (Wildman–Crippen MR) is 58.5 cm³/mol. The van der Waals surface area contributed by atoms with Crippen molar-refractivity contribution in [2.24, 2.45) is 0 Å². The summed E-state index contributed by atoms with van der Waals surface area (Å²) in [6, 6.07) is 4.08. The van der Waals surface area contributed by atoms with Crippen LogP contribution in [0.25, 0.3) is 0 Å². The van der Waals surface area contributed by atoms with E-state index in [1.807, 2.05) is 0 Å². The Hall–Kier alpha value is -1.25. The Balaban J connectivity index is 3.24. The van der Waals surface area contributed by atoms with Crippen molar-refractivity contribution >= 4 is 17.5 Å². The lowest BCUT2D eigenvalue weighted by molar-refractivity contribution is -0.339. The van der Waals surface area contributed by atoms with Gasteiger partial charge in [-0.05, 0) is 18.4 Å². The molecule has 1 aromatic rings. The van der Waals surface area contributed by atoms with Crippen molar-refractivity contribution in [3.63, 3.8) is 0 Å². The number of benzene rings is 1. The average molecular weight is 320 g/mol. The van der Waals surface area contributed by atoms with E-state index in [0.29, 0.717) is 0 Å². The van der Waals surface area contributed by atoms with Gasteiger partial charge in [0.15, 0.2) is 0 Å². The molecule has 0 heterocycles. The fourth-order valence-corrected chi connectivity index (χ4v) is 1.73. The van der Waals surface area contributed by atoms with Crippen molar-refractivity contribution in [1.82, 2.24) is 0 Å². The Bertz CT molecular complexity index is 510. The zero-order valence-electron chi connectivity index (χ0n) is 9.77. The SMILES string of the molecule is CSc1cccc(C(=O)C(F)(F)C(F)(F)C(F)(F)F)c1. The predicted octanol–water partition coefficient (Wildman–Crippen LogP) is 4.42. The van der Waals surface area contributed by atoms with E-state index < -0.39 is 29.4 Å². The quantitative estimate of drug-likeness (QED) is 0.464. The zero-order chi connectivity index (χ0) is 15.8. The van der Waals surface area contributed by atoms with Crippen LogP contribution in [0, 0.1) is 0 Å². The molecule has 0 amide bonds. The molecule has 0 radical (unpaired) electrons. The molecule has 0 saturated heterocycles. The zero-order valence-corrected chi connectivity index (χ0v) is 10.6. The Labute approximate surface area is 113 Å². The summed E-state index contributed by atoms with van der Waals surface area (Å²) in [5.74, 6) is -14.9. The minimum absolute atomic E-state index is 0.280. The van der Waals surface area contributed by atoms with Crippen LogP contribution in [0.3, 0.4) is 0 Å². The molecule has 20 heavy (non-hydrogen) atoms. The summed E-state index contributed by atoms with van der Waals surface area (Å²) in [4.78, 5) is 11.6. The standard InChI is InChI=1S/C11H7F7OS/c1-20-7-4-2-3-6(5-7)8(19)9(12,13)10(14,15)11(16,17)18/h2-5H,1H3. The minimum Gasteiger partial charge on any atom is -0.287 e. The molecule has 0 spiro atoms. The third-order valence-corrected chi connectivity index (χ3v) is 3.09. The average Bonchev–Trinajstić information content (AvgIpc) is 2.36. The molecule has 0 aliphatic heterocycles. The first kappa shape index (κ1) is 16.8. The van der Waals surface area contributed by atoms with Gasteiger partial charge in [-0.3, -0.25) is 4.79 Å². The van der Waals surface area contributed by atoms with Gasteiger partial charge in [-0.1, -0.05) is 12.1 Å². The van der Waals surface area contributed by atoms with Gasteiger partial charge in [0.25, 0.3) is 0 Å². The Kier molecular flexibility index (Phi) is 4.42. The Morgan fingerprint density at radius 3 is 2.05 bits per heavy atom. The van der Waals surface area contributed by atoms with Crippen LogP contribution < -0.4 is 0 Å². The van der Waals surface area contributed by atoms with E-state index in [9.17, 15) is 35.5 Å². The second-order valence-electron chi connectivity index (χ2n) is 3.71. The molecule has 1 aromatic carbocycles. The van der Waals surface area contributed by atoms with Crippen LogP contribution in [-0.2, 0) is 0 Å². The molecule has 0 aliphatic carbocycles. The number of alkyl halides is 7. The highest BCUT2D eigenvalue weighted by Crippen LogP contribution is 2.47. The fourth-order valence-electron chi connectivity index (χ4n) is 1.27. The molecule has 0 aliphatic rings. The van der Waals surface area contributed by atoms with Crippen molar-refractivity contribution in [2.75, 3.05) is 6.26 Å². The van der Waals surface area contributed by atoms with E-state index in [2.05, 4.69) is 0 Å². The molecule has 1 rings (SSSR count). The molecule has 0 fully saturated rings.